The summed E-state index contributed by atoms with van der Waals surface area (Å²) >= 11 is 0. The Hall–Kier alpha value is -4.26. The molecule has 2 aromatic carbocycles. The molecule has 1 aliphatic carbocycles. The van der Waals surface area contributed by atoms with Crippen LogP contribution >= 0.6 is 0 Å². The van der Waals surface area contributed by atoms with E-state index in [9.17, 15) is 4.79 Å². The largest absolute Gasteiger partial charge is 0.425 e. The van der Waals surface area contributed by atoms with Crippen LogP contribution in [0.3, 0.4) is 0 Å². The first-order valence-electron chi connectivity index (χ1n) is 11.1. The van der Waals surface area contributed by atoms with Gasteiger partial charge in [-0.25, -0.2) is 4.68 Å². The number of carbonyl (C=O) groups excluding carboxylic acids is 1. The van der Waals surface area contributed by atoms with Crippen LogP contribution in [-0.4, -0.2) is 25.9 Å². The highest BCUT2D eigenvalue weighted by Gasteiger charge is 2.36. The summed E-state index contributed by atoms with van der Waals surface area (Å²) in [7, 11) is 0. The van der Waals surface area contributed by atoms with Gasteiger partial charge in [0, 0.05) is 12.6 Å². The molecule has 1 unspecified atom stereocenters. The minimum atomic E-state index is -0.540. The van der Waals surface area contributed by atoms with Crippen molar-refractivity contribution in [1.82, 2.24) is 20.0 Å². The van der Waals surface area contributed by atoms with Crippen LogP contribution in [0.15, 0.2) is 83.3 Å². The molecule has 7 nitrogen and oxygen atoms in total. The molecular formula is C27H25N5O2. The third-order valence-corrected chi connectivity index (χ3v) is 6.17. The normalized spacial score (nSPS) is 17.5. The first-order valence-corrected chi connectivity index (χ1v) is 11.1. The quantitative estimate of drug-likeness (QED) is 0.465. The van der Waals surface area contributed by atoms with Gasteiger partial charge in [-0.15, -0.1) is 10.2 Å². The van der Waals surface area contributed by atoms with E-state index in [2.05, 4.69) is 57.8 Å². The van der Waals surface area contributed by atoms with E-state index in [0.29, 0.717) is 18.2 Å². The molecule has 0 saturated carbocycles. The molecule has 1 aliphatic rings. The number of allylic oxidation sites excluding steroid dienone is 4. The van der Waals surface area contributed by atoms with Gasteiger partial charge >= 0.3 is 0 Å². The van der Waals surface area contributed by atoms with Gasteiger partial charge in [-0.1, -0.05) is 60.7 Å². The Kier molecular flexibility index (Phi) is 5.45. The third-order valence-electron chi connectivity index (χ3n) is 6.17. The number of hydrogen-bond donors (Lipinski definition) is 1. The van der Waals surface area contributed by atoms with Crippen LogP contribution in [0.1, 0.15) is 45.5 Å². The molecule has 0 aliphatic heterocycles. The molecule has 4 aromatic rings. The van der Waals surface area contributed by atoms with Crippen molar-refractivity contribution < 1.29 is 9.21 Å². The summed E-state index contributed by atoms with van der Waals surface area (Å²) in [5.74, 6) is 0.625. The molecule has 2 heterocycles. The molecule has 2 aromatic heterocycles. The summed E-state index contributed by atoms with van der Waals surface area (Å²) in [6, 6.07) is 20.1. The number of carbonyl (C=O) groups is 1. The summed E-state index contributed by atoms with van der Waals surface area (Å²) < 4.78 is 7.63. The number of primary amides is 1. The lowest BCUT2D eigenvalue weighted by Gasteiger charge is -2.29. The standard InChI is InChI=1S/C27H25N5O2/c1-18-16-24(25(28)33)31-32(18)23-10-8-20(9-11-23)17-27(26-30-29-19(2)34-26)14-12-22(13-15-27)21-6-4-3-5-7-21/h3-14,16H,15,17H2,1-2H3,(H2,28,33). The van der Waals surface area contributed by atoms with Gasteiger partial charge in [-0.05, 0) is 54.7 Å². The Morgan fingerprint density at radius 3 is 2.44 bits per heavy atom. The summed E-state index contributed by atoms with van der Waals surface area (Å²) in [6.07, 6.45) is 8.02. The van der Waals surface area contributed by atoms with Crippen LogP contribution in [0, 0.1) is 13.8 Å². The number of aromatic nitrogens is 4. The Morgan fingerprint density at radius 1 is 1.09 bits per heavy atom. The topological polar surface area (TPSA) is 99.8 Å². The highest BCUT2D eigenvalue weighted by atomic mass is 16.4. The zero-order valence-electron chi connectivity index (χ0n) is 19.1. The van der Waals surface area contributed by atoms with Gasteiger partial charge in [0.25, 0.3) is 5.91 Å². The zero-order chi connectivity index (χ0) is 23.7. The summed E-state index contributed by atoms with van der Waals surface area (Å²) in [4.78, 5) is 11.5. The van der Waals surface area contributed by atoms with E-state index in [4.69, 9.17) is 10.2 Å². The predicted molar refractivity (Wildman–Crippen MR) is 129 cm³/mol. The Bertz CT molecular complexity index is 1400. The number of rotatable bonds is 6. The summed E-state index contributed by atoms with van der Waals surface area (Å²) in [6.45, 7) is 3.70. The Balaban J connectivity index is 1.44. The molecule has 0 saturated heterocycles. The van der Waals surface area contributed by atoms with Gasteiger partial charge in [0.05, 0.1) is 11.1 Å². The highest BCUT2D eigenvalue weighted by Crippen LogP contribution is 2.38. The van der Waals surface area contributed by atoms with Gasteiger partial charge in [0.2, 0.25) is 11.8 Å². The fraction of sp³-hybridized carbons (Fsp3) is 0.185. The van der Waals surface area contributed by atoms with E-state index >= 15 is 0 Å². The third kappa shape index (κ3) is 4.08. The maximum Gasteiger partial charge on any atom is 0.269 e. The number of hydrogen-bond acceptors (Lipinski definition) is 5. The van der Waals surface area contributed by atoms with E-state index in [1.807, 2.05) is 44.2 Å². The molecular weight excluding hydrogens is 426 g/mol. The smallest absolute Gasteiger partial charge is 0.269 e. The van der Waals surface area contributed by atoms with Crippen molar-refractivity contribution in [2.24, 2.45) is 5.73 Å². The molecule has 5 rings (SSSR count). The SMILES string of the molecule is Cc1nnc(C2(Cc3ccc(-n4nc(C(N)=O)cc4C)cc3)C=CC(c3ccccc3)=CC2)o1. The molecule has 0 spiro atoms. The van der Waals surface area contributed by atoms with Crippen LogP contribution in [-0.2, 0) is 11.8 Å². The number of aryl methyl sites for hydroxylation is 2. The second kappa shape index (κ2) is 8.59. The lowest BCUT2D eigenvalue weighted by atomic mass is 9.74. The van der Waals surface area contributed by atoms with Gasteiger partial charge in [0.1, 0.15) is 0 Å². The minimum absolute atomic E-state index is 0.251. The molecule has 2 N–H and O–H groups in total. The number of benzene rings is 2. The summed E-state index contributed by atoms with van der Waals surface area (Å²) in [5, 5.41) is 12.8. The van der Waals surface area contributed by atoms with E-state index in [1.54, 1.807) is 10.7 Å². The number of amides is 1. The van der Waals surface area contributed by atoms with Crippen molar-refractivity contribution in [2.75, 3.05) is 0 Å². The first-order chi connectivity index (χ1) is 16.4. The minimum Gasteiger partial charge on any atom is -0.425 e. The molecule has 1 atom stereocenters. The zero-order valence-corrected chi connectivity index (χ0v) is 19.1. The predicted octanol–water partition coefficient (Wildman–Crippen LogP) is 4.50. The Labute approximate surface area is 197 Å². The maximum atomic E-state index is 11.5. The van der Waals surface area contributed by atoms with Crippen LogP contribution in [0.2, 0.25) is 0 Å². The van der Waals surface area contributed by atoms with Gasteiger partial charge < -0.3 is 10.2 Å². The van der Waals surface area contributed by atoms with E-state index in [-0.39, 0.29) is 5.69 Å². The van der Waals surface area contributed by atoms with Crippen molar-refractivity contribution in [1.29, 1.82) is 0 Å². The average Bonchev–Trinajstić information content (AvgIpc) is 3.47. The number of nitrogens with zero attached hydrogens (tertiary/aromatic N) is 4. The van der Waals surface area contributed by atoms with E-state index in [0.717, 1.165) is 23.4 Å². The van der Waals surface area contributed by atoms with Crippen molar-refractivity contribution in [3.8, 4) is 5.69 Å². The van der Waals surface area contributed by atoms with E-state index < -0.39 is 11.3 Å². The fourth-order valence-electron chi connectivity index (χ4n) is 4.36. The highest BCUT2D eigenvalue weighted by molar-refractivity contribution is 5.90. The molecule has 0 bridgehead atoms. The van der Waals surface area contributed by atoms with Crippen molar-refractivity contribution in [3.63, 3.8) is 0 Å². The molecule has 0 radical (unpaired) electrons. The lowest BCUT2D eigenvalue weighted by Crippen LogP contribution is -2.28. The van der Waals surface area contributed by atoms with Gasteiger partial charge in [-0.3, -0.25) is 4.79 Å². The maximum absolute atomic E-state index is 11.5. The van der Waals surface area contributed by atoms with Crippen LogP contribution in [0.4, 0.5) is 0 Å². The second-order valence-corrected chi connectivity index (χ2v) is 8.64. The van der Waals surface area contributed by atoms with Gasteiger partial charge in [-0.2, -0.15) is 5.10 Å². The van der Waals surface area contributed by atoms with Crippen LogP contribution in [0.25, 0.3) is 11.3 Å². The van der Waals surface area contributed by atoms with Crippen molar-refractivity contribution in [2.45, 2.75) is 32.1 Å². The molecule has 0 fully saturated rings. The molecule has 7 heteroatoms. The molecule has 34 heavy (non-hydrogen) atoms. The fourth-order valence-corrected chi connectivity index (χ4v) is 4.36. The van der Waals surface area contributed by atoms with Crippen LogP contribution < -0.4 is 5.73 Å². The molecule has 1 amide bonds. The van der Waals surface area contributed by atoms with Crippen molar-refractivity contribution in [3.05, 3.63) is 113 Å². The van der Waals surface area contributed by atoms with Crippen molar-refractivity contribution >= 4 is 11.5 Å². The monoisotopic (exact) mass is 451 g/mol. The number of nitrogens with two attached hydrogens (primary N) is 1. The van der Waals surface area contributed by atoms with E-state index in [1.165, 1.54) is 11.1 Å². The first kappa shape index (κ1) is 21.6. The Morgan fingerprint density at radius 2 is 1.85 bits per heavy atom. The lowest BCUT2D eigenvalue weighted by molar-refractivity contribution is 0.0995. The molecule has 170 valence electrons. The second-order valence-electron chi connectivity index (χ2n) is 8.64. The van der Waals surface area contributed by atoms with Gasteiger partial charge in [0.15, 0.2) is 5.69 Å². The average molecular weight is 452 g/mol. The summed E-state index contributed by atoms with van der Waals surface area (Å²) in [5.41, 5.74) is 10.4. The van der Waals surface area contributed by atoms with Crippen LogP contribution in [0.5, 0.6) is 0 Å².